The lowest BCUT2D eigenvalue weighted by molar-refractivity contribution is -0.124. The number of esters is 1. The molecule has 0 saturated carbocycles. The van der Waals surface area contributed by atoms with Crippen LogP contribution in [0.1, 0.15) is 41.9 Å². The van der Waals surface area contributed by atoms with Crippen molar-refractivity contribution in [2.24, 2.45) is 0 Å². The van der Waals surface area contributed by atoms with E-state index in [0.717, 1.165) is 47.2 Å². The average Bonchev–Trinajstić information content (AvgIpc) is 3.38. The van der Waals surface area contributed by atoms with Crippen LogP contribution in [-0.4, -0.2) is 45.9 Å². The summed E-state index contributed by atoms with van der Waals surface area (Å²) < 4.78 is 5.83. The second-order valence-corrected chi connectivity index (χ2v) is 10.1. The first-order chi connectivity index (χ1) is 18.0. The van der Waals surface area contributed by atoms with E-state index >= 15 is 0 Å². The molecule has 1 amide bonds. The van der Waals surface area contributed by atoms with Crippen molar-refractivity contribution in [2.45, 2.75) is 39.3 Å². The third-order valence-corrected chi connectivity index (χ3v) is 7.66. The lowest BCUT2D eigenvalue weighted by Gasteiger charge is -2.29. The van der Waals surface area contributed by atoms with Crippen LogP contribution in [0.5, 0.6) is 0 Å². The lowest BCUT2D eigenvalue weighted by Crippen LogP contribution is -2.35. The molecule has 0 radical (unpaired) electrons. The number of likely N-dealkylation sites (N-methyl/N-ethyl adjacent to an activating group) is 1. The highest BCUT2D eigenvalue weighted by molar-refractivity contribution is 7.14. The van der Waals surface area contributed by atoms with Crippen molar-refractivity contribution in [3.8, 4) is 11.3 Å². The minimum atomic E-state index is -0.964. The largest absolute Gasteiger partial charge is 0.449 e. The zero-order chi connectivity index (χ0) is 25.9. The summed E-state index contributed by atoms with van der Waals surface area (Å²) in [7, 11) is 0. The van der Waals surface area contributed by atoms with E-state index in [-0.39, 0.29) is 0 Å². The Morgan fingerprint density at radius 3 is 2.70 bits per heavy atom. The summed E-state index contributed by atoms with van der Waals surface area (Å²) in [5.74, 6) is -0.927. The van der Waals surface area contributed by atoms with Gasteiger partial charge in [-0.05, 0) is 25.1 Å². The van der Waals surface area contributed by atoms with Gasteiger partial charge >= 0.3 is 5.97 Å². The number of nitrogens with zero attached hydrogens (tertiary/aromatic N) is 3. The molecule has 0 spiro atoms. The summed E-state index contributed by atoms with van der Waals surface area (Å²) in [5.41, 5.74) is 4.52. The van der Waals surface area contributed by atoms with Crippen molar-refractivity contribution in [2.75, 3.05) is 18.4 Å². The Labute approximate surface area is 224 Å². The predicted molar refractivity (Wildman–Crippen MR) is 147 cm³/mol. The van der Waals surface area contributed by atoms with Crippen molar-refractivity contribution < 1.29 is 14.3 Å². The fourth-order valence-corrected chi connectivity index (χ4v) is 5.52. The molecule has 0 fully saturated rings. The molecule has 7 nitrogen and oxygen atoms in total. The van der Waals surface area contributed by atoms with Crippen LogP contribution in [0.15, 0.2) is 53.9 Å². The number of carbonyl (C=O) groups excluding carboxylic acids is 2. The summed E-state index contributed by atoms with van der Waals surface area (Å²) in [6.07, 6.45) is 0.129. The van der Waals surface area contributed by atoms with E-state index in [2.05, 4.69) is 22.1 Å². The average molecular weight is 535 g/mol. The molecular formula is C28H27ClN4O3S. The van der Waals surface area contributed by atoms with Crippen LogP contribution in [0.2, 0.25) is 5.02 Å². The van der Waals surface area contributed by atoms with Gasteiger partial charge in [0.15, 0.2) is 11.2 Å². The van der Waals surface area contributed by atoms with Gasteiger partial charge in [0, 0.05) is 52.1 Å². The van der Waals surface area contributed by atoms with Crippen molar-refractivity contribution >= 4 is 50.8 Å². The minimum Gasteiger partial charge on any atom is -0.449 e. The number of carbonyl (C=O) groups is 2. The monoisotopic (exact) mass is 534 g/mol. The topological polar surface area (TPSA) is 84.4 Å². The maximum Gasteiger partial charge on any atom is 0.340 e. The molecule has 9 heteroatoms. The Bertz CT molecular complexity index is 1470. The molecule has 1 atom stereocenters. The van der Waals surface area contributed by atoms with Gasteiger partial charge in [0.25, 0.3) is 5.91 Å². The van der Waals surface area contributed by atoms with Gasteiger partial charge in [-0.15, -0.1) is 11.3 Å². The number of pyridine rings is 1. The van der Waals surface area contributed by atoms with Gasteiger partial charge < -0.3 is 4.74 Å². The lowest BCUT2D eigenvalue weighted by atomic mass is 9.95. The Balaban J connectivity index is 1.38. The maximum absolute atomic E-state index is 13.6. The summed E-state index contributed by atoms with van der Waals surface area (Å²) in [5, 5.41) is 6.37. The quantitative estimate of drug-likeness (QED) is 0.294. The number of halogens is 1. The molecule has 190 valence electrons. The highest BCUT2D eigenvalue weighted by atomic mass is 35.5. The molecule has 3 heterocycles. The van der Waals surface area contributed by atoms with Crippen molar-refractivity contribution in [1.82, 2.24) is 14.9 Å². The van der Waals surface area contributed by atoms with E-state index in [4.69, 9.17) is 21.3 Å². The number of hydrogen-bond donors (Lipinski definition) is 1. The van der Waals surface area contributed by atoms with Crippen molar-refractivity contribution in [1.29, 1.82) is 0 Å². The Morgan fingerprint density at radius 1 is 1.14 bits per heavy atom. The SMILES string of the molecule is CCC(OC(=O)c1c2c(nc3ccccc13)CCN(CC)C2)C(=O)Nc1nc(-c2ccccc2Cl)cs1. The molecule has 1 N–H and O–H groups in total. The number of amides is 1. The van der Waals surface area contributed by atoms with Gasteiger partial charge in [-0.1, -0.05) is 61.8 Å². The van der Waals surface area contributed by atoms with Crippen LogP contribution < -0.4 is 5.32 Å². The fourth-order valence-electron chi connectivity index (χ4n) is 4.57. The van der Waals surface area contributed by atoms with E-state index in [0.29, 0.717) is 34.4 Å². The number of anilines is 1. The van der Waals surface area contributed by atoms with Crippen LogP contribution in [0.4, 0.5) is 5.13 Å². The van der Waals surface area contributed by atoms with Crippen molar-refractivity contribution in [3.63, 3.8) is 0 Å². The second kappa shape index (κ2) is 11.0. The number of nitrogens with one attached hydrogen (secondary N) is 1. The molecular weight excluding hydrogens is 508 g/mol. The third-order valence-electron chi connectivity index (χ3n) is 6.57. The zero-order valence-electron chi connectivity index (χ0n) is 20.7. The molecule has 1 aliphatic heterocycles. The van der Waals surface area contributed by atoms with Gasteiger partial charge in [-0.2, -0.15) is 0 Å². The first kappa shape index (κ1) is 25.3. The first-order valence-electron chi connectivity index (χ1n) is 12.3. The molecule has 2 aromatic carbocycles. The normalized spacial score (nSPS) is 14.2. The Kier molecular flexibility index (Phi) is 7.50. The third kappa shape index (κ3) is 5.23. The van der Waals surface area contributed by atoms with Crippen LogP contribution in [0, 0.1) is 0 Å². The number of ether oxygens (including phenoxy) is 1. The highest BCUT2D eigenvalue weighted by Gasteiger charge is 2.29. The highest BCUT2D eigenvalue weighted by Crippen LogP contribution is 2.31. The summed E-state index contributed by atoms with van der Waals surface area (Å²) in [6.45, 7) is 6.32. The van der Waals surface area contributed by atoms with Gasteiger partial charge in [0.2, 0.25) is 0 Å². The van der Waals surface area contributed by atoms with Gasteiger partial charge in [-0.25, -0.2) is 9.78 Å². The van der Waals surface area contributed by atoms with Crippen molar-refractivity contribution in [3.05, 3.63) is 75.8 Å². The summed E-state index contributed by atoms with van der Waals surface area (Å²) in [6, 6.07) is 15.0. The summed E-state index contributed by atoms with van der Waals surface area (Å²) in [4.78, 5) is 38.3. The first-order valence-corrected chi connectivity index (χ1v) is 13.6. The Hall–Kier alpha value is -3.33. The van der Waals surface area contributed by atoms with E-state index in [1.165, 1.54) is 11.3 Å². The van der Waals surface area contributed by atoms with Crippen LogP contribution in [-0.2, 0) is 22.5 Å². The molecule has 1 unspecified atom stereocenters. The number of thiazole rings is 1. The summed E-state index contributed by atoms with van der Waals surface area (Å²) >= 11 is 7.58. The van der Waals surface area contributed by atoms with Crippen LogP contribution in [0.3, 0.4) is 0 Å². The standard InChI is InChI=1S/C28H27ClN4O3S/c1-3-24(26(34)32-28-31-23(16-37-28)17-9-5-7-11-20(17)29)36-27(35)25-18-10-6-8-12-21(18)30-22-13-14-33(4-2)15-19(22)25/h5-12,16,24H,3-4,13-15H2,1-2H3,(H,31,32,34). The number of para-hydroxylation sites is 1. The number of fused-ring (bicyclic) bond motifs is 2. The van der Waals surface area contributed by atoms with Gasteiger partial charge in [0.1, 0.15) is 0 Å². The zero-order valence-corrected chi connectivity index (χ0v) is 22.2. The number of aromatic nitrogens is 2. The second-order valence-electron chi connectivity index (χ2n) is 8.86. The number of hydrogen-bond acceptors (Lipinski definition) is 7. The van der Waals surface area contributed by atoms with E-state index in [1.54, 1.807) is 6.07 Å². The molecule has 1 aliphatic rings. The van der Waals surface area contributed by atoms with Crippen LogP contribution in [0.25, 0.3) is 22.2 Å². The molecule has 0 saturated heterocycles. The van der Waals surface area contributed by atoms with Gasteiger partial charge in [-0.3, -0.25) is 20.0 Å². The molecule has 2 aromatic heterocycles. The van der Waals surface area contributed by atoms with Gasteiger partial charge in [0.05, 0.1) is 16.8 Å². The molecule has 0 aliphatic carbocycles. The number of rotatable bonds is 7. The van der Waals surface area contributed by atoms with E-state index < -0.39 is 18.0 Å². The number of benzene rings is 2. The van der Waals surface area contributed by atoms with Crippen LogP contribution >= 0.6 is 22.9 Å². The maximum atomic E-state index is 13.6. The Morgan fingerprint density at radius 2 is 1.92 bits per heavy atom. The van der Waals surface area contributed by atoms with E-state index in [9.17, 15) is 9.59 Å². The molecule has 37 heavy (non-hydrogen) atoms. The molecule has 4 aromatic rings. The van der Waals surface area contributed by atoms with E-state index in [1.807, 2.05) is 54.8 Å². The molecule has 5 rings (SSSR count). The molecule has 0 bridgehead atoms. The smallest absolute Gasteiger partial charge is 0.340 e. The minimum absolute atomic E-state index is 0.326. The fraction of sp³-hybridized carbons (Fsp3) is 0.286. The predicted octanol–water partition coefficient (Wildman–Crippen LogP) is 5.96.